The molecule has 2 fully saturated rings. The lowest BCUT2D eigenvalue weighted by Crippen LogP contribution is -2.23. The van der Waals surface area contributed by atoms with E-state index in [0.717, 1.165) is 40.3 Å². The van der Waals surface area contributed by atoms with Crippen molar-refractivity contribution < 1.29 is 0 Å². The SMILES string of the molecule is Cc1nc(NC2CCCC2)sc1-c1ccnc(Nc2ccc(N3CCCCCC3)cn2)n1. The number of hydrogen-bond donors (Lipinski definition) is 2. The van der Waals surface area contributed by atoms with Gasteiger partial charge in [-0.05, 0) is 50.8 Å². The molecule has 0 aromatic carbocycles. The van der Waals surface area contributed by atoms with E-state index in [2.05, 4.69) is 31.6 Å². The third kappa shape index (κ3) is 5.01. The van der Waals surface area contributed by atoms with E-state index in [1.54, 1.807) is 17.5 Å². The Hall–Kier alpha value is -2.74. The molecule has 1 saturated heterocycles. The molecule has 1 aliphatic heterocycles. The van der Waals surface area contributed by atoms with Gasteiger partial charge in [-0.1, -0.05) is 37.0 Å². The summed E-state index contributed by atoms with van der Waals surface area (Å²) in [6.07, 6.45) is 14.0. The highest BCUT2D eigenvalue weighted by atomic mass is 32.1. The maximum atomic E-state index is 4.74. The molecule has 2 N–H and O–H groups in total. The third-order valence-corrected chi connectivity index (χ3v) is 7.44. The van der Waals surface area contributed by atoms with Gasteiger partial charge in [0.1, 0.15) is 5.82 Å². The highest BCUT2D eigenvalue weighted by molar-refractivity contribution is 7.19. The molecular weight excluding hydrogens is 418 g/mol. The van der Waals surface area contributed by atoms with Gasteiger partial charge in [-0.25, -0.2) is 19.9 Å². The van der Waals surface area contributed by atoms with Crippen LogP contribution in [0, 0.1) is 6.92 Å². The fourth-order valence-electron chi connectivity index (χ4n) is 4.58. The molecule has 1 aliphatic carbocycles. The Morgan fingerprint density at radius 2 is 1.75 bits per heavy atom. The quantitative estimate of drug-likeness (QED) is 0.494. The molecular formula is C24H31N7S. The maximum Gasteiger partial charge on any atom is 0.228 e. The number of nitrogens with zero attached hydrogens (tertiary/aromatic N) is 5. The van der Waals surface area contributed by atoms with Gasteiger partial charge < -0.3 is 15.5 Å². The van der Waals surface area contributed by atoms with Gasteiger partial charge in [-0.2, -0.15) is 0 Å². The number of aryl methyl sites for hydroxylation is 1. The zero-order chi connectivity index (χ0) is 21.8. The van der Waals surface area contributed by atoms with Crippen LogP contribution in [0.2, 0.25) is 0 Å². The smallest absolute Gasteiger partial charge is 0.228 e. The van der Waals surface area contributed by atoms with E-state index >= 15 is 0 Å². The summed E-state index contributed by atoms with van der Waals surface area (Å²) in [5, 5.41) is 7.84. The highest BCUT2D eigenvalue weighted by Crippen LogP contribution is 2.33. The van der Waals surface area contributed by atoms with Gasteiger partial charge in [0.05, 0.1) is 28.1 Å². The van der Waals surface area contributed by atoms with Crippen LogP contribution in [0.25, 0.3) is 10.6 Å². The second kappa shape index (κ2) is 9.81. The Kier molecular flexibility index (Phi) is 6.48. The first-order chi connectivity index (χ1) is 15.7. The number of aromatic nitrogens is 4. The molecule has 0 amide bonds. The molecule has 168 valence electrons. The second-order valence-electron chi connectivity index (χ2n) is 8.75. The maximum absolute atomic E-state index is 4.74. The molecule has 0 bridgehead atoms. The van der Waals surface area contributed by atoms with E-state index in [1.807, 2.05) is 25.3 Å². The van der Waals surface area contributed by atoms with Crippen molar-refractivity contribution in [1.82, 2.24) is 19.9 Å². The van der Waals surface area contributed by atoms with Gasteiger partial charge in [-0.15, -0.1) is 0 Å². The summed E-state index contributed by atoms with van der Waals surface area (Å²) < 4.78 is 0. The summed E-state index contributed by atoms with van der Waals surface area (Å²) in [6, 6.07) is 6.65. The molecule has 0 spiro atoms. The van der Waals surface area contributed by atoms with Gasteiger partial charge in [0.15, 0.2) is 5.13 Å². The fourth-order valence-corrected chi connectivity index (χ4v) is 5.59. The summed E-state index contributed by atoms with van der Waals surface area (Å²) >= 11 is 1.67. The Balaban J connectivity index is 1.27. The van der Waals surface area contributed by atoms with Crippen LogP contribution >= 0.6 is 11.3 Å². The summed E-state index contributed by atoms with van der Waals surface area (Å²) in [6.45, 7) is 4.28. The van der Waals surface area contributed by atoms with Crippen LogP contribution in [0.5, 0.6) is 0 Å². The van der Waals surface area contributed by atoms with Crippen molar-refractivity contribution in [2.75, 3.05) is 28.6 Å². The van der Waals surface area contributed by atoms with Crippen LogP contribution in [-0.4, -0.2) is 39.1 Å². The molecule has 3 aromatic rings. The molecule has 0 atom stereocenters. The van der Waals surface area contributed by atoms with Crippen LogP contribution in [0.4, 0.5) is 22.6 Å². The summed E-state index contributed by atoms with van der Waals surface area (Å²) in [5.41, 5.74) is 3.08. The normalized spacial score (nSPS) is 17.3. The predicted octanol–water partition coefficient (Wildman–Crippen LogP) is 5.78. The van der Waals surface area contributed by atoms with Crippen molar-refractivity contribution in [2.45, 2.75) is 64.3 Å². The standard InChI is InChI=1S/C24H31N7S/c1-17-22(32-24(27-17)28-18-8-4-5-9-18)20-12-13-25-23(29-20)30-21-11-10-19(16-26-21)31-14-6-2-3-7-15-31/h10-13,16,18H,2-9,14-15H2,1H3,(H,27,28)(H,25,26,29,30). The molecule has 32 heavy (non-hydrogen) atoms. The first-order valence-corrected chi connectivity index (χ1v) is 12.6. The average Bonchev–Trinajstić information content (AvgIpc) is 3.36. The number of hydrogen-bond acceptors (Lipinski definition) is 8. The van der Waals surface area contributed by atoms with Crippen LogP contribution in [0.3, 0.4) is 0 Å². The van der Waals surface area contributed by atoms with E-state index < -0.39 is 0 Å². The third-order valence-electron chi connectivity index (χ3n) is 6.33. The number of thiazole rings is 1. The van der Waals surface area contributed by atoms with E-state index in [9.17, 15) is 0 Å². The van der Waals surface area contributed by atoms with Crippen LogP contribution in [0.1, 0.15) is 57.1 Å². The van der Waals surface area contributed by atoms with Crippen LogP contribution in [0.15, 0.2) is 30.6 Å². The molecule has 2 aliphatic rings. The summed E-state index contributed by atoms with van der Waals surface area (Å²) in [7, 11) is 0. The monoisotopic (exact) mass is 449 g/mol. The van der Waals surface area contributed by atoms with E-state index in [-0.39, 0.29) is 0 Å². The summed E-state index contributed by atoms with van der Waals surface area (Å²) in [5.74, 6) is 1.31. The van der Waals surface area contributed by atoms with Gasteiger partial charge in [0, 0.05) is 25.3 Å². The van der Waals surface area contributed by atoms with Crippen LogP contribution in [-0.2, 0) is 0 Å². The first-order valence-electron chi connectivity index (χ1n) is 11.8. The number of nitrogens with one attached hydrogen (secondary N) is 2. The fraction of sp³-hybridized carbons (Fsp3) is 0.500. The van der Waals surface area contributed by atoms with E-state index in [1.165, 1.54) is 57.1 Å². The zero-order valence-electron chi connectivity index (χ0n) is 18.7. The lowest BCUT2D eigenvalue weighted by Gasteiger charge is -2.22. The molecule has 4 heterocycles. The molecule has 8 heteroatoms. The van der Waals surface area contributed by atoms with Crippen molar-refractivity contribution >= 4 is 33.9 Å². The van der Waals surface area contributed by atoms with Gasteiger partial charge >= 0.3 is 0 Å². The Bertz CT molecular complexity index is 1020. The first kappa shape index (κ1) is 21.1. The minimum atomic E-state index is 0.552. The van der Waals surface area contributed by atoms with Crippen molar-refractivity contribution in [2.24, 2.45) is 0 Å². The van der Waals surface area contributed by atoms with E-state index in [4.69, 9.17) is 9.97 Å². The minimum Gasteiger partial charge on any atom is -0.370 e. The molecule has 5 rings (SSSR count). The Morgan fingerprint density at radius 1 is 0.938 bits per heavy atom. The largest absolute Gasteiger partial charge is 0.370 e. The van der Waals surface area contributed by atoms with Crippen molar-refractivity contribution in [3.63, 3.8) is 0 Å². The van der Waals surface area contributed by atoms with Gasteiger partial charge in [0.2, 0.25) is 5.95 Å². The topological polar surface area (TPSA) is 78.9 Å². The lowest BCUT2D eigenvalue weighted by atomic mass is 10.2. The number of rotatable bonds is 6. The summed E-state index contributed by atoms with van der Waals surface area (Å²) in [4.78, 5) is 22.0. The van der Waals surface area contributed by atoms with Crippen molar-refractivity contribution in [1.29, 1.82) is 0 Å². The Labute approximate surface area is 193 Å². The zero-order valence-corrected chi connectivity index (χ0v) is 19.5. The highest BCUT2D eigenvalue weighted by Gasteiger charge is 2.18. The van der Waals surface area contributed by atoms with E-state index in [0.29, 0.717) is 12.0 Å². The Morgan fingerprint density at radius 3 is 2.50 bits per heavy atom. The van der Waals surface area contributed by atoms with Crippen molar-refractivity contribution in [3.05, 3.63) is 36.3 Å². The van der Waals surface area contributed by atoms with Gasteiger partial charge in [-0.3, -0.25) is 0 Å². The second-order valence-corrected chi connectivity index (χ2v) is 9.75. The number of pyridine rings is 1. The minimum absolute atomic E-state index is 0.552. The molecule has 0 radical (unpaired) electrons. The van der Waals surface area contributed by atoms with Crippen molar-refractivity contribution in [3.8, 4) is 10.6 Å². The predicted molar refractivity (Wildman–Crippen MR) is 132 cm³/mol. The molecule has 0 unspecified atom stereocenters. The lowest BCUT2D eigenvalue weighted by molar-refractivity contribution is 0.726. The van der Waals surface area contributed by atoms with Crippen LogP contribution < -0.4 is 15.5 Å². The number of anilines is 4. The average molecular weight is 450 g/mol. The molecule has 1 saturated carbocycles. The molecule has 7 nitrogen and oxygen atoms in total. The van der Waals surface area contributed by atoms with Gasteiger partial charge in [0.25, 0.3) is 0 Å². The molecule has 3 aromatic heterocycles.